The van der Waals surface area contributed by atoms with Crippen LogP contribution in [0.25, 0.3) is 0 Å². The first-order valence-electron chi connectivity index (χ1n) is 12.7. The van der Waals surface area contributed by atoms with E-state index >= 15 is 0 Å². The smallest absolute Gasteiger partial charge is 0.343 e. The van der Waals surface area contributed by atoms with Crippen molar-refractivity contribution in [1.29, 1.82) is 0 Å². The molecule has 2 aliphatic rings. The van der Waals surface area contributed by atoms with Crippen molar-refractivity contribution in [1.82, 2.24) is 4.90 Å². The van der Waals surface area contributed by atoms with Crippen molar-refractivity contribution < 1.29 is 18.7 Å². The Hall–Kier alpha value is -2.31. The van der Waals surface area contributed by atoms with Gasteiger partial charge >= 0.3 is 5.97 Å². The molecule has 1 unspecified atom stereocenters. The summed E-state index contributed by atoms with van der Waals surface area (Å²) in [5.74, 6) is 1.39. The third-order valence-corrected chi connectivity index (χ3v) is 6.75. The molecular formula is C27H38N2O4. The van der Waals surface area contributed by atoms with Crippen LogP contribution in [0.15, 0.2) is 34.7 Å². The molecule has 1 atom stereocenters. The van der Waals surface area contributed by atoms with Crippen molar-refractivity contribution in [2.75, 3.05) is 44.4 Å². The van der Waals surface area contributed by atoms with E-state index in [0.29, 0.717) is 31.3 Å². The molecule has 3 heterocycles. The maximum Gasteiger partial charge on any atom is 0.343 e. The standard InChI is InChI=1S/C27H38N2O4/c1-3-5-6-10-13-23-25-22(14-15-29(23)20-21-11-8-7-9-12-21)24(27(30)32-4-2)26(33-25)28-16-18-31-19-17-28/h7-9,11-12,23H,3-6,10,13-20H2,1-2H3. The van der Waals surface area contributed by atoms with Crippen LogP contribution in [-0.2, 0) is 22.4 Å². The average Bonchev–Trinajstić information content (AvgIpc) is 3.24. The van der Waals surface area contributed by atoms with E-state index in [1.165, 1.54) is 24.8 Å². The molecule has 6 nitrogen and oxygen atoms in total. The lowest BCUT2D eigenvalue weighted by Gasteiger charge is -2.35. The number of hydrogen-bond acceptors (Lipinski definition) is 6. The number of ether oxygens (including phenoxy) is 2. The summed E-state index contributed by atoms with van der Waals surface area (Å²) in [7, 11) is 0. The van der Waals surface area contributed by atoms with Gasteiger partial charge in [-0.1, -0.05) is 62.9 Å². The van der Waals surface area contributed by atoms with Crippen molar-refractivity contribution in [3.05, 3.63) is 52.8 Å². The van der Waals surface area contributed by atoms with Crippen molar-refractivity contribution >= 4 is 11.9 Å². The molecule has 0 N–H and O–H groups in total. The number of hydrogen-bond donors (Lipinski definition) is 0. The summed E-state index contributed by atoms with van der Waals surface area (Å²) < 4.78 is 17.6. The van der Waals surface area contributed by atoms with Gasteiger partial charge in [-0.3, -0.25) is 4.90 Å². The Labute approximate surface area is 197 Å². The minimum Gasteiger partial charge on any atom is -0.462 e. The van der Waals surface area contributed by atoms with Gasteiger partial charge < -0.3 is 18.8 Å². The summed E-state index contributed by atoms with van der Waals surface area (Å²) in [5, 5.41) is 0. The van der Waals surface area contributed by atoms with Crippen LogP contribution < -0.4 is 4.90 Å². The van der Waals surface area contributed by atoms with E-state index in [9.17, 15) is 4.79 Å². The molecular weight excluding hydrogens is 416 g/mol. The van der Waals surface area contributed by atoms with E-state index in [4.69, 9.17) is 13.9 Å². The minimum absolute atomic E-state index is 0.175. The molecule has 1 saturated heterocycles. The number of fused-ring (bicyclic) bond motifs is 1. The van der Waals surface area contributed by atoms with Gasteiger partial charge in [-0.05, 0) is 25.3 Å². The van der Waals surface area contributed by atoms with E-state index in [2.05, 4.69) is 47.1 Å². The van der Waals surface area contributed by atoms with Gasteiger partial charge in [0.15, 0.2) is 0 Å². The highest BCUT2D eigenvalue weighted by Crippen LogP contribution is 2.42. The van der Waals surface area contributed by atoms with Crippen molar-refractivity contribution in [2.24, 2.45) is 0 Å². The summed E-state index contributed by atoms with van der Waals surface area (Å²) in [6, 6.07) is 10.8. The molecule has 6 heteroatoms. The van der Waals surface area contributed by atoms with Crippen LogP contribution in [0.1, 0.15) is 79.2 Å². The second kappa shape index (κ2) is 11.7. The minimum atomic E-state index is -0.259. The summed E-state index contributed by atoms with van der Waals surface area (Å²) in [6.45, 7) is 9.02. The zero-order valence-corrected chi connectivity index (χ0v) is 20.2. The Morgan fingerprint density at radius 2 is 1.85 bits per heavy atom. The van der Waals surface area contributed by atoms with Crippen LogP contribution in [0.4, 0.5) is 5.88 Å². The molecule has 4 rings (SSSR count). The van der Waals surface area contributed by atoms with Crippen molar-refractivity contribution in [2.45, 2.75) is 65.0 Å². The highest BCUT2D eigenvalue weighted by molar-refractivity contribution is 5.97. The second-order valence-electron chi connectivity index (χ2n) is 9.02. The maximum atomic E-state index is 13.1. The Morgan fingerprint density at radius 1 is 1.06 bits per heavy atom. The lowest BCUT2D eigenvalue weighted by Crippen LogP contribution is -2.37. The van der Waals surface area contributed by atoms with Crippen LogP contribution in [-0.4, -0.2) is 50.3 Å². The number of furan rings is 1. The number of benzene rings is 1. The van der Waals surface area contributed by atoms with Gasteiger partial charge in [-0.2, -0.15) is 0 Å². The number of anilines is 1. The summed E-state index contributed by atoms with van der Waals surface area (Å²) in [6.07, 6.45) is 6.70. The Kier molecular flexibility index (Phi) is 8.46. The highest BCUT2D eigenvalue weighted by Gasteiger charge is 2.38. The molecule has 0 saturated carbocycles. The van der Waals surface area contributed by atoms with E-state index in [1.54, 1.807) is 0 Å². The Morgan fingerprint density at radius 3 is 2.58 bits per heavy atom. The molecule has 180 valence electrons. The van der Waals surface area contributed by atoms with Crippen molar-refractivity contribution in [3.63, 3.8) is 0 Å². The van der Waals surface area contributed by atoms with Crippen LogP contribution in [0.2, 0.25) is 0 Å². The van der Waals surface area contributed by atoms with Crippen LogP contribution in [0, 0.1) is 0 Å². The first-order chi connectivity index (χ1) is 16.2. The fourth-order valence-corrected chi connectivity index (χ4v) is 5.05. The highest BCUT2D eigenvalue weighted by atomic mass is 16.5. The monoisotopic (exact) mass is 454 g/mol. The van der Waals surface area contributed by atoms with Gasteiger partial charge in [-0.15, -0.1) is 0 Å². The van der Waals surface area contributed by atoms with Gasteiger partial charge in [0.1, 0.15) is 11.3 Å². The predicted molar refractivity (Wildman–Crippen MR) is 130 cm³/mol. The normalized spacial score (nSPS) is 18.8. The van der Waals surface area contributed by atoms with Gasteiger partial charge in [0, 0.05) is 31.7 Å². The third kappa shape index (κ3) is 5.61. The topological polar surface area (TPSA) is 55.2 Å². The molecule has 1 aromatic heterocycles. The van der Waals surface area contributed by atoms with Gasteiger partial charge in [0.25, 0.3) is 0 Å². The number of nitrogens with zero attached hydrogens (tertiary/aromatic N) is 2. The number of unbranched alkanes of at least 4 members (excludes halogenated alkanes) is 3. The molecule has 2 aromatic rings. The molecule has 0 aliphatic carbocycles. The predicted octanol–water partition coefficient (Wildman–Crippen LogP) is 5.36. The molecule has 0 spiro atoms. The first kappa shape index (κ1) is 23.8. The molecule has 2 aliphatic heterocycles. The SMILES string of the molecule is CCCCCCC1c2oc(N3CCOCC3)c(C(=O)OCC)c2CCN1Cc1ccccc1. The number of carbonyl (C=O) groups excluding carboxylic acids is 1. The fourth-order valence-electron chi connectivity index (χ4n) is 5.05. The lowest BCUT2D eigenvalue weighted by atomic mass is 9.92. The zero-order valence-electron chi connectivity index (χ0n) is 20.2. The van der Waals surface area contributed by atoms with E-state index < -0.39 is 0 Å². The summed E-state index contributed by atoms with van der Waals surface area (Å²) in [4.78, 5) is 17.8. The van der Waals surface area contributed by atoms with E-state index in [0.717, 1.165) is 56.8 Å². The molecule has 0 radical (unpaired) electrons. The average molecular weight is 455 g/mol. The fraction of sp³-hybridized carbons (Fsp3) is 0.593. The van der Waals surface area contributed by atoms with Gasteiger partial charge in [0.05, 0.1) is 25.9 Å². The lowest BCUT2D eigenvalue weighted by molar-refractivity contribution is 0.0523. The Bertz CT molecular complexity index is 889. The zero-order chi connectivity index (χ0) is 23.0. The van der Waals surface area contributed by atoms with E-state index in [-0.39, 0.29) is 12.0 Å². The number of rotatable bonds is 10. The summed E-state index contributed by atoms with van der Waals surface area (Å²) in [5.41, 5.74) is 3.01. The molecule has 1 aromatic carbocycles. The molecule has 33 heavy (non-hydrogen) atoms. The third-order valence-electron chi connectivity index (χ3n) is 6.75. The first-order valence-corrected chi connectivity index (χ1v) is 12.7. The van der Waals surface area contributed by atoms with Gasteiger partial charge in [-0.25, -0.2) is 4.79 Å². The summed E-state index contributed by atoms with van der Waals surface area (Å²) >= 11 is 0. The molecule has 0 bridgehead atoms. The maximum absolute atomic E-state index is 13.1. The Balaban J connectivity index is 1.67. The largest absolute Gasteiger partial charge is 0.462 e. The molecule has 0 amide bonds. The van der Waals surface area contributed by atoms with Crippen LogP contribution in [0.5, 0.6) is 0 Å². The number of esters is 1. The quantitative estimate of drug-likeness (QED) is 0.356. The van der Waals surface area contributed by atoms with Crippen LogP contribution in [0.3, 0.4) is 0 Å². The van der Waals surface area contributed by atoms with E-state index in [1.807, 2.05) is 6.92 Å². The number of carbonyl (C=O) groups is 1. The van der Waals surface area contributed by atoms with Crippen molar-refractivity contribution in [3.8, 4) is 0 Å². The number of morpholine rings is 1. The van der Waals surface area contributed by atoms with Crippen LogP contribution >= 0.6 is 0 Å². The van der Waals surface area contributed by atoms with Gasteiger partial charge in [0.2, 0.25) is 5.88 Å². The molecule has 1 fully saturated rings. The second-order valence-corrected chi connectivity index (χ2v) is 9.02.